The third-order valence-electron chi connectivity index (χ3n) is 2.01. The van der Waals surface area contributed by atoms with Crippen molar-refractivity contribution in [1.82, 2.24) is 16.0 Å². The summed E-state index contributed by atoms with van der Waals surface area (Å²) in [4.78, 5) is 22.3. The lowest BCUT2D eigenvalue weighted by molar-refractivity contribution is -0.126. The van der Waals surface area contributed by atoms with E-state index in [-0.39, 0.29) is 24.4 Å². The summed E-state index contributed by atoms with van der Waals surface area (Å²) in [6, 6.07) is -0.286. The van der Waals surface area contributed by atoms with E-state index in [9.17, 15) is 9.59 Å². The van der Waals surface area contributed by atoms with Gasteiger partial charge in [-0.15, -0.1) is 0 Å². The Kier molecular flexibility index (Phi) is 3.88. The zero-order valence-electron chi connectivity index (χ0n) is 8.59. The maximum atomic E-state index is 11.5. The molecule has 5 nitrogen and oxygen atoms in total. The average Bonchev–Trinajstić information content (AvgIpc) is 2.15. The van der Waals surface area contributed by atoms with Gasteiger partial charge in [0.1, 0.15) is 6.04 Å². The van der Waals surface area contributed by atoms with Gasteiger partial charge in [0.05, 0.1) is 6.54 Å². The molecule has 0 spiro atoms. The lowest BCUT2D eigenvalue weighted by atomic mass is 10.2. The molecule has 0 radical (unpaired) electrons. The maximum absolute atomic E-state index is 11.5. The van der Waals surface area contributed by atoms with Gasteiger partial charge in [-0.1, -0.05) is 13.8 Å². The number of carbonyl (C=O) groups excluding carboxylic acids is 2. The van der Waals surface area contributed by atoms with Crippen LogP contribution in [-0.2, 0) is 9.59 Å². The molecular formula is C9H17N3O2. The summed E-state index contributed by atoms with van der Waals surface area (Å²) < 4.78 is 0. The van der Waals surface area contributed by atoms with Crippen molar-refractivity contribution >= 4 is 11.8 Å². The molecule has 1 aliphatic rings. The molecule has 0 aromatic rings. The quantitative estimate of drug-likeness (QED) is 0.537. The third kappa shape index (κ3) is 3.33. The second-order valence-corrected chi connectivity index (χ2v) is 3.88. The number of nitrogens with one attached hydrogen (secondary N) is 3. The number of rotatable bonds is 3. The predicted octanol–water partition coefficient (Wildman–Crippen LogP) is -1.15. The first kappa shape index (κ1) is 11.0. The molecule has 0 aliphatic carbocycles. The van der Waals surface area contributed by atoms with E-state index in [4.69, 9.17) is 0 Å². The van der Waals surface area contributed by atoms with Gasteiger partial charge in [-0.3, -0.25) is 14.9 Å². The van der Waals surface area contributed by atoms with Crippen molar-refractivity contribution in [2.24, 2.45) is 5.92 Å². The van der Waals surface area contributed by atoms with Crippen LogP contribution in [0.15, 0.2) is 0 Å². The van der Waals surface area contributed by atoms with Crippen LogP contribution < -0.4 is 16.0 Å². The van der Waals surface area contributed by atoms with Gasteiger partial charge in [0.25, 0.3) is 0 Å². The van der Waals surface area contributed by atoms with Crippen LogP contribution in [-0.4, -0.2) is 37.5 Å². The third-order valence-corrected chi connectivity index (χ3v) is 2.01. The Balaban J connectivity index is 2.27. The molecule has 1 saturated heterocycles. The van der Waals surface area contributed by atoms with E-state index in [1.807, 2.05) is 13.8 Å². The molecule has 0 saturated carbocycles. The number of piperazine rings is 1. The molecule has 1 heterocycles. The molecule has 80 valence electrons. The SMILES string of the molecule is CC(C)CNC(=O)C1CNC(=O)CN1. The minimum atomic E-state index is -0.286. The van der Waals surface area contributed by atoms with Crippen molar-refractivity contribution < 1.29 is 9.59 Å². The van der Waals surface area contributed by atoms with Crippen molar-refractivity contribution in [2.75, 3.05) is 19.6 Å². The topological polar surface area (TPSA) is 70.2 Å². The molecule has 5 heteroatoms. The number of amides is 2. The lowest BCUT2D eigenvalue weighted by Gasteiger charge is -2.23. The van der Waals surface area contributed by atoms with E-state index in [1.165, 1.54) is 0 Å². The van der Waals surface area contributed by atoms with E-state index < -0.39 is 0 Å². The maximum Gasteiger partial charge on any atom is 0.238 e. The van der Waals surface area contributed by atoms with E-state index in [0.29, 0.717) is 19.0 Å². The van der Waals surface area contributed by atoms with Crippen LogP contribution >= 0.6 is 0 Å². The highest BCUT2D eigenvalue weighted by Gasteiger charge is 2.23. The predicted molar refractivity (Wildman–Crippen MR) is 52.6 cm³/mol. The Hall–Kier alpha value is -1.10. The molecule has 1 unspecified atom stereocenters. The van der Waals surface area contributed by atoms with Gasteiger partial charge in [0.15, 0.2) is 0 Å². The number of hydrogen-bond donors (Lipinski definition) is 3. The summed E-state index contributed by atoms with van der Waals surface area (Å²) in [6.45, 7) is 5.35. The second-order valence-electron chi connectivity index (χ2n) is 3.88. The van der Waals surface area contributed by atoms with Crippen LogP contribution in [0.2, 0.25) is 0 Å². The Morgan fingerprint density at radius 3 is 2.86 bits per heavy atom. The van der Waals surface area contributed by atoms with E-state index >= 15 is 0 Å². The van der Waals surface area contributed by atoms with Crippen molar-refractivity contribution in [3.05, 3.63) is 0 Å². The standard InChI is InChI=1S/C9H17N3O2/c1-6(2)3-12-9(14)7-4-11-8(13)5-10-7/h6-7,10H,3-5H2,1-2H3,(H,11,13)(H,12,14). The van der Waals surface area contributed by atoms with E-state index in [2.05, 4.69) is 16.0 Å². The van der Waals surface area contributed by atoms with Gasteiger partial charge in [-0.05, 0) is 5.92 Å². The molecule has 0 aromatic heterocycles. The van der Waals surface area contributed by atoms with Gasteiger partial charge in [-0.25, -0.2) is 0 Å². The normalized spacial score (nSPS) is 21.9. The molecule has 2 amide bonds. The van der Waals surface area contributed by atoms with Crippen molar-refractivity contribution in [3.8, 4) is 0 Å². The molecule has 14 heavy (non-hydrogen) atoms. The lowest BCUT2D eigenvalue weighted by Crippen LogP contribution is -2.58. The Morgan fingerprint density at radius 1 is 1.64 bits per heavy atom. The van der Waals surface area contributed by atoms with Crippen LogP contribution in [0.1, 0.15) is 13.8 Å². The van der Waals surface area contributed by atoms with Crippen LogP contribution in [0.4, 0.5) is 0 Å². The van der Waals surface area contributed by atoms with Crippen molar-refractivity contribution in [2.45, 2.75) is 19.9 Å². The fraction of sp³-hybridized carbons (Fsp3) is 0.778. The van der Waals surface area contributed by atoms with Gasteiger partial charge < -0.3 is 10.6 Å². The molecule has 0 aromatic carbocycles. The summed E-state index contributed by atoms with van der Waals surface area (Å²) >= 11 is 0. The molecule has 0 bridgehead atoms. The first-order valence-electron chi connectivity index (χ1n) is 4.87. The summed E-state index contributed by atoms with van der Waals surface area (Å²) in [6.07, 6.45) is 0. The number of carbonyl (C=O) groups is 2. The highest BCUT2D eigenvalue weighted by atomic mass is 16.2. The average molecular weight is 199 g/mol. The molecule has 1 aliphatic heterocycles. The van der Waals surface area contributed by atoms with Gasteiger partial charge in [-0.2, -0.15) is 0 Å². The fourth-order valence-corrected chi connectivity index (χ4v) is 1.18. The van der Waals surface area contributed by atoms with Gasteiger partial charge in [0, 0.05) is 13.1 Å². The Labute approximate surface area is 83.6 Å². The highest BCUT2D eigenvalue weighted by Crippen LogP contribution is 1.91. The van der Waals surface area contributed by atoms with Crippen LogP contribution in [0.25, 0.3) is 0 Å². The summed E-state index contributed by atoms with van der Waals surface area (Å²) in [5.41, 5.74) is 0. The second kappa shape index (κ2) is 4.95. The van der Waals surface area contributed by atoms with Crippen LogP contribution in [0, 0.1) is 5.92 Å². The minimum absolute atomic E-state index is 0.0429. The van der Waals surface area contributed by atoms with E-state index in [0.717, 1.165) is 0 Å². The zero-order chi connectivity index (χ0) is 10.6. The molecular weight excluding hydrogens is 182 g/mol. The molecule has 3 N–H and O–H groups in total. The Bertz CT molecular complexity index is 218. The minimum Gasteiger partial charge on any atom is -0.354 e. The monoisotopic (exact) mass is 199 g/mol. The number of hydrogen-bond acceptors (Lipinski definition) is 3. The summed E-state index contributed by atoms with van der Waals surface area (Å²) in [7, 11) is 0. The fourth-order valence-electron chi connectivity index (χ4n) is 1.18. The van der Waals surface area contributed by atoms with Gasteiger partial charge >= 0.3 is 0 Å². The first-order chi connectivity index (χ1) is 6.59. The van der Waals surface area contributed by atoms with Crippen LogP contribution in [0.3, 0.4) is 0 Å². The molecule has 1 atom stereocenters. The Morgan fingerprint density at radius 2 is 2.36 bits per heavy atom. The highest BCUT2D eigenvalue weighted by molar-refractivity contribution is 5.86. The van der Waals surface area contributed by atoms with Crippen LogP contribution in [0.5, 0.6) is 0 Å². The van der Waals surface area contributed by atoms with E-state index in [1.54, 1.807) is 0 Å². The molecule has 1 fully saturated rings. The smallest absolute Gasteiger partial charge is 0.238 e. The first-order valence-corrected chi connectivity index (χ1v) is 4.87. The van der Waals surface area contributed by atoms with Gasteiger partial charge in [0.2, 0.25) is 11.8 Å². The molecule has 1 rings (SSSR count). The van der Waals surface area contributed by atoms with Crippen molar-refractivity contribution in [3.63, 3.8) is 0 Å². The van der Waals surface area contributed by atoms with Crippen molar-refractivity contribution in [1.29, 1.82) is 0 Å². The summed E-state index contributed by atoms with van der Waals surface area (Å²) in [5, 5.41) is 8.32. The largest absolute Gasteiger partial charge is 0.354 e. The summed E-state index contributed by atoms with van der Waals surface area (Å²) in [5.74, 6) is 0.341. The zero-order valence-corrected chi connectivity index (χ0v) is 8.59.